The van der Waals surface area contributed by atoms with Gasteiger partial charge in [0.05, 0.1) is 5.56 Å². The van der Waals surface area contributed by atoms with Crippen LogP contribution in [0.2, 0.25) is 0 Å². The maximum Gasteiger partial charge on any atom is 0.417 e. The molecule has 0 amide bonds. The molecule has 0 unspecified atom stereocenters. The summed E-state index contributed by atoms with van der Waals surface area (Å²) in [7, 11) is 0. The molecule has 2 aromatic rings. The van der Waals surface area contributed by atoms with Crippen LogP contribution >= 0.6 is 0 Å². The van der Waals surface area contributed by atoms with Gasteiger partial charge in [0.25, 0.3) is 0 Å². The average Bonchev–Trinajstić information content (AvgIpc) is 2.76. The Morgan fingerprint density at radius 1 is 1.06 bits per heavy atom. The largest absolute Gasteiger partial charge is 0.453 e. The van der Waals surface area contributed by atoms with E-state index in [9.17, 15) is 18.0 Å². The van der Waals surface area contributed by atoms with Crippen molar-refractivity contribution in [2.24, 2.45) is 0 Å². The van der Waals surface area contributed by atoms with Crippen molar-refractivity contribution in [3.8, 4) is 11.3 Å². The first-order chi connectivity index (χ1) is 8.02. The fourth-order valence-electron chi connectivity index (χ4n) is 1.51. The second-order valence-electron chi connectivity index (χ2n) is 3.36. The second-order valence-corrected chi connectivity index (χ2v) is 3.36. The van der Waals surface area contributed by atoms with E-state index in [0.29, 0.717) is 6.29 Å². The van der Waals surface area contributed by atoms with Gasteiger partial charge in [0.1, 0.15) is 5.76 Å². The summed E-state index contributed by atoms with van der Waals surface area (Å²) in [6.45, 7) is 0. The third kappa shape index (κ3) is 2.22. The molecule has 5 heteroatoms. The summed E-state index contributed by atoms with van der Waals surface area (Å²) >= 11 is 0. The summed E-state index contributed by atoms with van der Waals surface area (Å²) in [6, 6.07) is 7.72. The van der Waals surface area contributed by atoms with Crippen molar-refractivity contribution < 1.29 is 22.4 Å². The van der Waals surface area contributed by atoms with Gasteiger partial charge in [-0.05, 0) is 18.2 Å². The highest BCUT2D eigenvalue weighted by Gasteiger charge is 2.33. The van der Waals surface area contributed by atoms with Crippen molar-refractivity contribution in [2.45, 2.75) is 6.18 Å². The van der Waals surface area contributed by atoms with E-state index < -0.39 is 11.7 Å². The molecule has 0 spiro atoms. The zero-order chi connectivity index (χ0) is 12.5. The zero-order valence-electron chi connectivity index (χ0n) is 8.49. The second kappa shape index (κ2) is 4.08. The number of rotatable bonds is 2. The van der Waals surface area contributed by atoms with Gasteiger partial charge >= 0.3 is 6.18 Å². The predicted molar refractivity (Wildman–Crippen MR) is 54.5 cm³/mol. The minimum absolute atomic E-state index is 0.00280. The summed E-state index contributed by atoms with van der Waals surface area (Å²) in [6.07, 6.45) is -4.01. The van der Waals surface area contributed by atoms with Crippen molar-refractivity contribution >= 4 is 6.29 Å². The molecule has 1 heterocycles. The van der Waals surface area contributed by atoms with Crippen molar-refractivity contribution in [1.82, 2.24) is 0 Å². The topological polar surface area (TPSA) is 30.2 Å². The number of furan rings is 1. The first kappa shape index (κ1) is 11.4. The molecule has 0 saturated carbocycles. The van der Waals surface area contributed by atoms with Crippen LogP contribution in [0.3, 0.4) is 0 Å². The lowest BCUT2D eigenvalue weighted by Gasteiger charge is -2.10. The van der Waals surface area contributed by atoms with E-state index in [4.69, 9.17) is 4.42 Å². The summed E-state index contributed by atoms with van der Waals surface area (Å²) in [4.78, 5) is 10.4. The third-order valence-electron chi connectivity index (χ3n) is 2.24. The van der Waals surface area contributed by atoms with Crippen LogP contribution in [0.25, 0.3) is 11.3 Å². The first-order valence-corrected chi connectivity index (χ1v) is 4.74. The Morgan fingerprint density at radius 2 is 1.76 bits per heavy atom. The predicted octanol–water partition coefficient (Wildman–Crippen LogP) is 3.78. The molecule has 0 aliphatic carbocycles. The Labute approximate surface area is 94.7 Å². The number of halogens is 3. The van der Waals surface area contributed by atoms with Crippen LogP contribution in [-0.2, 0) is 6.18 Å². The number of carbonyl (C=O) groups is 1. The van der Waals surface area contributed by atoms with E-state index in [1.165, 1.54) is 30.3 Å². The Morgan fingerprint density at radius 3 is 2.35 bits per heavy atom. The number of benzene rings is 1. The normalized spacial score (nSPS) is 11.5. The Hall–Kier alpha value is -2.04. The molecule has 1 aromatic carbocycles. The van der Waals surface area contributed by atoms with Gasteiger partial charge in [0.15, 0.2) is 12.0 Å². The monoisotopic (exact) mass is 240 g/mol. The smallest absolute Gasteiger partial charge is 0.417 e. The summed E-state index contributed by atoms with van der Waals surface area (Å²) in [5, 5.41) is 0. The lowest BCUT2D eigenvalue weighted by molar-refractivity contribution is -0.137. The Balaban J connectivity index is 2.55. The standard InChI is InChI=1S/C12H7F3O2/c13-12(14,15)10-4-2-1-3-9(10)11-6-5-8(7-16)17-11/h1-7H. The number of carbonyl (C=O) groups excluding carboxylic acids is 1. The van der Waals surface area contributed by atoms with Crippen LogP contribution in [-0.4, -0.2) is 6.29 Å². The molecule has 0 atom stereocenters. The highest BCUT2D eigenvalue weighted by atomic mass is 19.4. The fourth-order valence-corrected chi connectivity index (χ4v) is 1.51. The van der Waals surface area contributed by atoms with Crippen molar-refractivity contribution in [3.05, 3.63) is 47.7 Å². The SMILES string of the molecule is O=Cc1ccc(-c2ccccc2C(F)(F)F)o1. The number of aldehydes is 1. The molecule has 2 rings (SSSR count). The van der Waals surface area contributed by atoms with Crippen LogP contribution in [0.4, 0.5) is 13.2 Å². The van der Waals surface area contributed by atoms with E-state index in [0.717, 1.165) is 6.07 Å². The highest BCUT2D eigenvalue weighted by molar-refractivity contribution is 5.73. The molecule has 0 saturated heterocycles. The third-order valence-corrected chi connectivity index (χ3v) is 2.24. The van der Waals surface area contributed by atoms with Crippen molar-refractivity contribution in [3.63, 3.8) is 0 Å². The minimum atomic E-state index is -4.45. The molecular weight excluding hydrogens is 233 g/mol. The number of alkyl halides is 3. The van der Waals surface area contributed by atoms with Gasteiger partial charge in [-0.1, -0.05) is 18.2 Å². The van der Waals surface area contributed by atoms with Crippen LogP contribution in [0.5, 0.6) is 0 Å². The van der Waals surface area contributed by atoms with Crippen LogP contribution in [0.1, 0.15) is 16.1 Å². The van der Waals surface area contributed by atoms with Gasteiger partial charge in [-0.3, -0.25) is 4.79 Å². The molecule has 0 bridgehead atoms. The van der Waals surface area contributed by atoms with E-state index in [1.54, 1.807) is 0 Å². The maximum atomic E-state index is 12.7. The first-order valence-electron chi connectivity index (χ1n) is 4.74. The molecule has 2 nitrogen and oxygen atoms in total. The summed E-state index contributed by atoms with van der Waals surface area (Å²) in [5.41, 5.74) is -0.861. The van der Waals surface area contributed by atoms with Gasteiger partial charge in [-0.15, -0.1) is 0 Å². The van der Waals surface area contributed by atoms with Crippen molar-refractivity contribution in [2.75, 3.05) is 0 Å². The summed E-state index contributed by atoms with van der Waals surface area (Å²) < 4.78 is 43.1. The molecule has 0 radical (unpaired) electrons. The molecule has 0 aliphatic heterocycles. The summed E-state index contributed by atoms with van der Waals surface area (Å²) in [5.74, 6) is 0.0250. The average molecular weight is 240 g/mol. The minimum Gasteiger partial charge on any atom is -0.453 e. The Kier molecular flexibility index (Phi) is 2.75. The molecular formula is C12H7F3O2. The maximum absolute atomic E-state index is 12.7. The number of hydrogen-bond donors (Lipinski definition) is 0. The Bertz CT molecular complexity index is 541. The molecule has 88 valence electrons. The highest BCUT2D eigenvalue weighted by Crippen LogP contribution is 2.37. The molecule has 17 heavy (non-hydrogen) atoms. The lowest BCUT2D eigenvalue weighted by Crippen LogP contribution is -2.06. The van der Waals surface area contributed by atoms with E-state index >= 15 is 0 Å². The van der Waals surface area contributed by atoms with Gasteiger partial charge < -0.3 is 4.42 Å². The molecule has 0 N–H and O–H groups in total. The fraction of sp³-hybridized carbons (Fsp3) is 0.0833. The molecule has 0 aliphatic rings. The van der Waals surface area contributed by atoms with Crippen LogP contribution in [0, 0.1) is 0 Å². The lowest BCUT2D eigenvalue weighted by atomic mass is 10.1. The molecule has 0 fully saturated rings. The van der Waals surface area contributed by atoms with E-state index in [2.05, 4.69) is 0 Å². The zero-order valence-corrected chi connectivity index (χ0v) is 8.49. The van der Waals surface area contributed by atoms with Gasteiger partial charge in [-0.25, -0.2) is 0 Å². The van der Waals surface area contributed by atoms with Gasteiger partial charge in [0.2, 0.25) is 0 Å². The van der Waals surface area contributed by atoms with Crippen LogP contribution in [0.15, 0.2) is 40.8 Å². The van der Waals surface area contributed by atoms with Gasteiger partial charge in [-0.2, -0.15) is 13.2 Å². The van der Waals surface area contributed by atoms with Crippen molar-refractivity contribution in [1.29, 1.82) is 0 Å². The van der Waals surface area contributed by atoms with E-state index in [-0.39, 0.29) is 17.1 Å². The van der Waals surface area contributed by atoms with Gasteiger partial charge in [0, 0.05) is 5.56 Å². The number of hydrogen-bond acceptors (Lipinski definition) is 2. The molecule has 1 aromatic heterocycles. The van der Waals surface area contributed by atoms with E-state index in [1.807, 2.05) is 0 Å². The quantitative estimate of drug-likeness (QED) is 0.748. The van der Waals surface area contributed by atoms with Crippen LogP contribution < -0.4 is 0 Å².